The first kappa shape index (κ1) is 8.08. The molecule has 0 N–H and O–H groups in total. The second-order valence-electron chi connectivity index (χ2n) is 2.23. The van der Waals surface area contributed by atoms with Crippen LogP contribution in [0.5, 0.6) is 0 Å². The summed E-state index contributed by atoms with van der Waals surface area (Å²) < 4.78 is 5.09. The van der Waals surface area contributed by atoms with Gasteiger partial charge in [0.05, 0.1) is 6.61 Å². The van der Waals surface area contributed by atoms with Crippen molar-refractivity contribution in [2.45, 2.75) is 6.10 Å². The summed E-state index contributed by atoms with van der Waals surface area (Å²) >= 11 is 0. The van der Waals surface area contributed by atoms with Crippen LogP contribution in [0, 0.1) is 0 Å². The van der Waals surface area contributed by atoms with E-state index in [1.54, 1.807) is 0 Å². The molecule has 1 aliphatic rings. The molecule has 50 valence electrons. The monoisotopic (exact) mass is 240 g/mol. The summed E-state index contributed by atoms with van der Waals surface area (Å²) in [5.41, 5.74) is 1.30. The molecule has 0 saturated carbocycles. The van der Waals surface area contributed by atoms with E-state index in [0.717, 1.165) is 6.61 Å². The van der Waals surface area contributed by atoms with Crippen LogP contribution in [-0.2, 0) is 4.74 Å². The van der Waals surface area contributed by atoms with Gasteiger partial charge in [0.2, 0.25) is 0 Å². The molecular formula is C8H8OSn. The zero-order valence-corrected chi connectivity index (χ0v) is 8.43. The van der Waals surface area contributed by atoms with Crippen LogP contribution in [-0.4, -0.2) is 30.5 Å². The van der Waals surface area contributed by atoms with Crippen LogP contribution >= 0.6 is 0 Å². The van der Waals surface area contributed by atoms with Crippen LogP contribution in [0.25, 0.3) is 0 Å². The smallest absolute Gasteiger partial charge is 0.106 e. The fraction of sp³-hybridized carbons (Fsp3) is 0.250. The Hall–Kier alpha value is -0.0213. The van der Waals surface area contributed by atoms with E-state index in [9.17, 15) is 0 Å². The molecule has 1 aliphatic heterocycles. The van der Waals surface area contributed by atoms with E-state index in [1.165, 1.54) is 5.56 Å². The molecule has 4 radical (unpaired) electrons. The number of epoxide rings is 1. The van der Waals surface area contributed by atoms with Gasteiger partial charge in [-0.2, -0.15) is 0 Å². The van der Waals surface area contributed by atoms with Crippen LogP contribution in [0.1, 0.15) is 11.7 Å². The van der Waals surface area contributed by atoms with Gasteiger partial charge in [-0.25, -0.2) is 0 Å². The maximum absolute atomic E-state index is 5.09. The van der Waals surface area contributed by atoms with Gasteiger partial charge >= 0.3 is 0 Å². The Bertz CT molecular complexity index is 194. The van der Waals surface area contributed by atoms with Crippen molar-refractivity contribution in [2.75, 3.05) is 6.61 Å². The number of hydrogen-bond donors (Lipinski definition) is 0. The molecule has 0 spiro atoms. The quantitative estimate of drug-likeness (QED) is 0.532. The fourth-order valence-corrected chi connectivity index (χ4v) is 0.908. The molecule has 1 aromatic rings. The van der Waals surface area contributed by atoms with Crippen molar-refractivity contribution >= 4 is 23.9 Å². The largest absolute Gasteiger partial charge is 0.368 e. The van der Waals surface area contributed by atoms with Crippen LogP contribution in [0.3, 0.4) is 0 Å². The number of benzene rings is 1. The minimum atomic E-state index is 0. The Balaban J connectivity index is 0.000000500. The van der Waals surface area contributed by atoms with Crippen molar-refractivity contribution in [3.05, 3.63) is 35.9 Å². The molecule has 1 saturated heterocycles. The molecule has 0 amide bonds. The van der Waals surface area contributed by atoms with E-state index in [0.29, 0.717) is 6.10 Å². The summed E-state index contributed by atoms with van der Waals surface area (Å²) in [6, 6.07) is 10.3. The molecule has 1 aromatic carbocycles. The molecule has 1 nitrogen and oxygen atoms in total. The third-order valence-electron chi connectivity index (χ3n) is 1.50. The second-order valence-corrected chi connectivity index (χ2v) is 2.23. The van der Waals surface area contributed by atoms with E-state index in [4.69, 9.17) is 4.74 Å². The Morgan fingerprint density at radius 2 is 1.80 bits per heavy atom. The van der Waals surface area contributed by atoms with E-state index in [1.807, 2.05) is 18.2 Å². The average molecular weight is 239 g/mol. The standard InChI is InChI=1S/C8H8O.Sn/c1-2-4-7(5-3-1)8-6-9-8;/h1-5,8H,6H2;. The van der Waals surface area contributed by atoms with Gasteiger partial charge in [0, 0.05) is 23.9 Å². The molecule has 2 heteroatoms. The number of ether oxygens (including phenoxy) is 1. The Labute approximate surface area is 77.3 Å². The van der Waals surface area contributed by atoms with Gasteiger partial charge in [0.25, 0.3) is 0 Å². The van der Waals surface area contributed by atoms with Crippen molar-refractivity contribution in [2.24, 2.45) is 0 Å². The average Bonchev–Trinajstić information content (AvgIpc) is 2.71. The van der Waals surface area contributed by atoms with Gasteiger partial charge in [-0.15, -0.1) is 0 Å². The van der Waals surface area contributed by atoms with Gasteiger partial charge in [0.1, 0.15) is 6.10 Å². The first-order chi connectivity index (χ1) is 4.47. The van der Waals surface area contributed by atoms with E-state index >= 15 is 0 Å². The Morgan fingerprint density at radius 3 is 2.30 bits per heavy atom. The summed E-state index contributed by atoms with van der Waals surface area (Å²) in [4.78, 5) is 0. The molecule has 1 fully saturated rings. The molecule has 1 heterocycles. The zero-order valence-electron chi connectivity index (χ0n) is 5.58. The van der Waals surface area contributed by atoms with Gasteiger partial charge < -0.3 is 4.74 Å². The van der Waals surface area contributed by atoms with Crippen LogP contribution < -0.4 is 0 Å². The zero-order chi connectivity index (χ0) is 6.10. The maximum atomic E-state index is 5.09. The number of hydrogen-bond acceptors (Lipinski definition) is 1. The Kier molecular flexibility index (Phi) is 2.74. The van der Waals surface area contributed by atoms with Crippen molar-refractivity contribution in [1.82, 2.24) is 0 Å². The second kappa shape index (κ2) is 3.39. The van der Waals surface area contributed by atoms with Crippen molar-refractivity contribution in [3.63, 3.8) is 0 Å². The molecule has 2 rings (SSSR count). The first-order valence-corrected chi connectivity index (χ1v) is 3.13. The summed E-state index contributed by atoms with van der Waals surface area (Å²) in [6.45, 7) is 0.907. The van der Waals surface area contributed by atoms with Gasteiger partial charge in [-0.05, 0) is 5.56 Å². The molecule has 1 unspecified atom stereocenters. The molecule has 0 bridgehead atoms. The first-order valence-electron chi connectivity index (χ1n) is 3.13. The summed E-state index contributed by atoms with van der Waals surface area (Å²) in [5, 5.41) is 0. The van der Waals surface area contributed by atoms with Crippen LogP contribution in [0.15, 0.2) is 30.3 Å². The van der Waals surface area contributed by atoms with Crippen LogP contribution in [0.2, 0.25) is 0 Å². The summed E-state index contributed by atoms with van der Waals surface area (Å²) in [6.07, 6.45) is 0.409. The number of rotatable bonds is 1. The normalized spacial score (nSPS) is 21.4. The predicted molar refractivity (Wildman–Crippen MR) is 40.9 cm³/mol. The molecule has 0 aromatic heterocycles. The summed E-state index contributed by atoms with van der Waals surface area (Å²) in [7, 11) is 0. The molecule has 0 aliphatic carbocycles. The third-order valence-corrected chi connectivity index (χ3v) is 1.50. The summed E-state index contributed by atoms with van der Waals surface area (Å²) in [5.74, 6) is 0. The third kappa shape index (κ3) is 1.73. The molecule has 1 atom stereocenters. The van der Waals surface area contributed by atoms with E-state index in [-0.39, 0.29) is 23.9 Å². The van der Waals surface area contributed by atoms with Gasteiger partial charge in [-0.3, -0.25) is 0 Å². The molecular weight excluding hydrogens is 231 g/mol. The Morgan fingerprint density at radius 1 is 1.20 bits per heavy atom. The van der Waals surface area contributed by atoms with Crippen molar-refractivity contribution in [1.29, 1.82) is 0 Å². The predicted octanol–water partition coefficient (Wildman–Crippen LogP) is 1.38. The molecule has 10 heavy (non-hydrogen) atoms. The maximum Gasteiger partial charge on any atom is 0.106 e. The fourth-order valence-electron chi connectivity index (χ4n) is 0.908. The minimum absolute atomic E-state index is 0. The van der Waals surface area contributed by atoms with Crippen molar-refractivity contribution in [3.8, 4) is 0 Å². The van der Waals surface area contributed by atoms with Crippen molar-refractivity contribution < 1.29 is 4.74 Å². The topological polar surface area (TPSA) is 12.5 Å². The van der Waals surface area contributed by atoms with Gasteiger partial charge in [0.15, 0.2) is 0 Å². The SMILES string of the molecule is [Sn].c1ccc(C2CO2)cc1. The van der Waals surface area contributed by atoms with E-state index < -0.39 is 0 Å². The minimum Gasteiger partial charge on any atom is -0.368 e. The van der Waals surface area contributed by atoms with Crippen LogP contribution in [0.4, 0.5) is 0 Å². The van der Waals surface area contributed by atoms with Gasteiger partial charge in [-0.1, -0.05) is 30.3 Å². The van der Waals surface area contributed by atoms with E-state index in [2.05, 4.69) is 12.1 Å².